The van der Waals surface area contributed by atoms with Crippen molar-refractivity contribution in [3.63, 3.8) is 0 Å². The molecule has 0 bridgehead atoms. The highest BCUT2D eigenvalue weighted by molar-refractivity contribution is 5.84. The van der Waals surface area contributed by atoms with Crippen molar-refractivity contribution in [3.05, 3.63) is 41.7 Å². The quantitative estimate of drug-likeness (QED) is 0.744. The smallest absolute Gasteiger partial charge is 0.201 e. The normalized spacial score (nSPS) is 10.7. The van der Waals surface area contributed by atoms with Crippen LogP contribution in [0.25, 0.3) is 11.0 Å². The van der Waals surface area contributed by atoms with Crippen LogP contribution in [0, 0.1) is 11.3 Å². The maximum atomic E-state index is 9.08. The van der Waals surface area contributed by atoms with Crippen molar-refractivity contribution in [2.45, 2.75) is 6.54 Å². The van der Waals surface area contributed by atoms with Crippen LogP contribution >= 0.6 is 0 Å². The number of nitrogens with zero attached hydrogens (tertiary/aromatic N) is 5. The van der Waals surface area contributed by atoms with Gasteiger partial charge in [0.05, 0.1) is 23.3 Å². The summed E-state index contributed by atoms with van der Waals surface area (Å²) in [4.78, 5) is 4.28. The van der Waals surface area contributed by atoms with Crippen LogP contribution < -0.4 is 5.73 Å². The lowest BCUT2D eigenvalue weighted by Gasteiger charge is -2.06. The number of hydrogen-bond acceptors (Lipinski definition) is 4. The van der Waals surface area contributed by atoms with Crippen LogP contribution in [0.1, 0.15) is 11.3 Å². The van der Waals surface area contributed by atoms with Gasteiger partial charge in [-0.05, 0) is 18.2 Å². The van der Waals surface area contributed by atoms with E-state index in [0.717, 1.165) is 11.2 Å². The number of nitrogen functional groups attached to an aromatic ring is 1. The number of nitriles is 1. The maximum Gasteiger partial charge on any atom is 0.201 e. The first-order valence-electron chi connectivity index (χ1n) is 5.82. The molecule has 0 atom stereocenters. The van der Waals surface area contributed by atoms with Gasteiger partial charge >= 0.3 is 0 Å². The molecule has 0 radical (unpaired) electrons. The van der Waals surface area contributed by atoms with E-state index in [1.165, 1.54) is 0 Å². The van der Waals surface area contributed by atoms with E-state index in [9.17, 15) is 0 Å². The van der Waals surface area contributed by atoms with Gasteiger partial charge in [-0.15, -0.1) is 0 Å². The molecule has 0 saturated heterocycles. The minimum atomic E-state index is 0.402. The molecule has 6 nitrogen and oxygen atoms in total. The Bertz CT molecular complexity index is 789. The molecule has 3 aromatic rings. The molecule has 0 unspecified atom stereocenters. The Balaban J connectivity index is 2.17. The summed E-state index contributed by atoms with van der Waals surface area (Å²) in [5, 5.41) is 13.2. The molecule has 3 rings (SSSR count). The SMILES string of the molecule is Cn1nccc1Cn1c(N)nc2c(C#N)cccc21. The number of para-hydroxylation sites is 1. The molecule has 1 aromatic carbocycles. The number of fused-ring (bicyclic) bond motifs is 1. The van der Waals surface area contributed by atoms with Crippen LogP contribution in [0.2, 0.25) is 0 Å². The molecule has 0 spiro atoms. The number of hydrogen-bond donors (Lipinski definition) is 1. The zero-order valence-electron chi connectivity index (χ0n) is 10.4. The second-order valence-corrected chi connectivity index (χ2v) is 4.29. The fourth-order valence-electron chi connectivity index (χ4n) is 2.14. The van der Waals surface area contributed by atoms with Crippen LogP contribution in [-0.2, 0) is 13.6 Å². The molecule has 2 N–H and O–H groups in total. The fraction of sp³-hybridized carbons (Fsp3) is 0.154. The van der Waals surface area contributed by atoms with Crippen LogP contribution in [0.15, 0.2) is 30.5 Å². The lowest BCUT2D eigenvalue weighted by molar-refractivity contribution is 0.678. The van der Waals surface area contributed by atoms with Gasteiger partial charge in [-0.25, -0.2) is 4.98 Å². The van der Waals surface area contributed by atoms with Crippen LogP contribution in [-0.4, -0.2) is 19.3 Å². The molecule has 19 heavy (non-hydrogen) atoms. The molecule has 0 fully saturated rings. The molecular weight excluding hydrogens is 240 g/mol. The highest BCUT2D eigenvalue weighted by Gasteiger charge is 2.12. The predicted molar refractivity (Wildman–Crippen MR) is 71.2 cm³/mol. The second kappa shape index (κ2) is 4.14. The van der Waals surface area contributed by atoms with Gasteiger partial charge in [0.1, 0.15) is 11.6 Å². The summed E-state index contributed by atoms with van der Waals surface area (Å²) in [6, 6.07) is 9.55. The molecule has 6 heteroatoms. The lowest BCUT2D eigenvalue weighted by Crippen LogP contribution is -2.08. The zero-order chi connectivity index (χ0) is 13.4. The van der Waals surface area contributed by atoms with Crippen molar-refractivity contribution in [2.75, 3.05) is 5.73 Å². The van der Waals surface area contributed by atoms with Gasteiger partial charge in [0.25, 0.3) is 0 Å². The van der Waals surface area contributed by atoms with Gasteiger partial charge in [0.2, 0.25) is 5.95 Å². The van der Waals surface area contributed by atoms with E-state index in [1.807, 2.05) is 29.8 Å². The van der Waals surface area contributed by atoms with Crippen LogP contribution in [0.3, 0.4) is 0 Å². The van der Waals surface area contributed by atoms with Crippen molar-refractivity contribution in [1.29, 1.82) is 5.26 Å². The van der Waals surface area contributed by atoms with Gasteiger partial charge in [-0.1, -0.05) is 6.07 Å². The maximum absolute atomic E-state index is 9.08. The third kappa shape index (κ3) is 1.72. The standard InChI is InChI=1S/C13H12N6/c1-18-10(5-6-16-18)8-19-11-4-2-3-9(7-14)12(11)17-13(19)15/h2-6H,8H2,1H3,(H2,15,17). The highest BCUT2D eigenvalue weighted by atomic mass is 15.3. The zero-order valence-corrected chi connectivity index (χ0v) is 10.4. The molecule has 0 aliphatic carbocycles. The van der Waals surface area contributed by atoms with E-state index in [0.29, 0.717) is 23.6 Å². The molecule has 2 heterocycles. The molecule has 0 saturated carbocycles. The van der Waals surface area contributed by atoms with Crippen molar-refractivity contribution in [2.24, 2.45) is 7.05 Å². The molecule has 94 valence electrons. The van der Waals surface area contributed by atoms with Crippen LogP contribution in [0.5, 0.6) is 0 Å². The minimum absolute atomic E-state index is 0.402. The Morgan fingerprint density at radius 2 is 2.21 bits per heavy atom. The summed E-state index contributed by atoms with van der Waals surface area (Å²) >= 11 is 0. The highest BCUT2D eigenvalue weighted by Crippen LogP contribution is 2.22. The van der Waals surface area contributed by atoms with Crippen LogP contribution in [0.4, 0.5) is 5.95 Å². The van der Waals surface area contributed by atoms with E-state index in [2.05, 4.69) is 16.2 Å². The van der Waals surface area contributed by atoms with Gasteiger partial charge in [0, 0.05) is 13.2 Å². The number of rotatable bonds is 2. The largest absolute Gasteiger partial charge is 0.369 e. The fourth-order valence-corrected chi connectivity index (χ4v) is 2.14. The summed E-state index contributed by atoms with van der Waals surface area (Å²) in [5.74, 6) is 0.402. The topological polar surface area (TPSA) is 85.4 Å². The third-order valence-corrected chi connectivity index (χ3v) is 3.17. The lowest BCUT2D eigenvalue weighted by atomic mass is 10.2. The van der Waals surface area contributed by atoms with E-state index in [-0.39, 0.29) is 0 Å². The van der Waals surface area contributed by atoms with Gasteiger partial charge in [-0.2, -0.15) is 10.4 Å². The first-order valence-corrected chi connectivity index (χ1v) is 5.82. The van der Waals surface area contributed by atoms with E-state index < -0.39 is 0 Å². The Hall–Kier alpha value is -2.81. The number of imidazole rings is 1. The minimum Gasteiger partial charge on any atom is -0.369 e. The first-order chi connectivity index (χ1) is 9.20. The monoisotopic (exact) mass is 252 g/mol. The first kappa shape index (κ1) is 11.3. The Morgan fingerprint density at radius 3 is 2.89 bits per heavy atom. The third-order valence-electron chi connectivity index (χ3n) is 3.17. The molecule has 0 aliphatic heterocycles. The van der Waals surface area contributed by atoms with E-state index in [1.54, 1.807) is 16.9 Å². The van der Waals surface area contributed by atoms with Gasteiger partial charge in [0.15, 0.2) is 0 Å². The van der Waals surface area contributed by atoms with Crippen molar-refractivity contribution < 1.29 is 0 Å². The molecular formula is C13H12N6. The van der Waals surface area contributed by atoms with E-state index >= 15 is 0 Å². The summed E-state index contributed by atoms with van der Waals surface area (Å²) < 4.78 is 3.67. The van der Waals surface area contributed by atoms with Crippen molar-refractivity contribution in [3.8, 4) is 6.07 Å². The predicted octanol–water partition coefficient (Wildman–Crippen LogP) is 1.27. The Labute approximate surface area is 109 Å². The molecule has 0 aliphatic rings. The summed E-state index contributed by atoms with van der Waals surface area (Å²) in [7, 11) is 1.88. The Morgan fingerprint density at radius 1 is 1.37 bits per heavy atom. The average molecular weight is 252 g/mol. The number of aromatic nitrogens is 4. The Kier molecular flexibility index (Phi) is 2.46. The van der Waals surface area contributed by atoms with Crippen molar-refractivity contribution in [1.82, 2.24) is 19.3 Å². The number of anilines is 1. The number of nitrogens with two attached hydrogens (primary N) is 1. The summed E-state index contributed by atoms with van der Waals surface area (Å²) in [6.45, 7) is 0.577. The summed E-state index contributed by atoms with van der Waals surface area (Å²) in [6.07, 6.45) is 1.74. The second-order valence-electron chi connectivity index (χ2n) is 4.29. The van der Waals surface area contributed by atoms with Gasteiger partial charge in [-0.3, -0.25) is 4.68 Å². The van der Waals surface area contributed by atoms with E-state index in [4.69, 9.17) is 11.0 Å². The number of aryl methyl sites for hydroxylation is 1. The summed E-state index contributed by atoms with van der Waals surface area (Å²) in [5.41, 5.74) is 9.02. The average Bonchev–Trinajstić information content (AvgIpc) is 2.95. The number of benzene rings is 1. The molecule has 0 amide bonds. The molecule has 2 aromatic heterocycles. The van der Waals surface area contributed by atoms with Crippen molar-refractivity contribution >= 4 is 17.0 Å². The van der Waals surface area contributed by atoms with Gasteiger partial charge < -0.3 is 10.3 Å².